The summed E-state index contributed by atoms with van der Waals surface area (Å²) < 4.78 is 0. The molecule has 0 aliphatic rings. The normalized spacial score (nSPS) is 6.17. The summed E-state index contributed by atoms with van der Waals surface area (Å²) in [5.74, 6) is -0.995. The smallest absolute Gasteiger partial charge is 0.550 e. The van der Waals surface area contributed by atoms with E-state index in [4.69, 9.17) is 0 Å². The maximum absolute atomic E-state index is 9.26. The number of carbonyl (C=O) groups excluding carboxylic acids is 1. The van der Waals surface area contributed by atoms with Crippen LogP contribution in [0.25, 0.3) is 0 Å². The molecule has 0 saturated carbocycles. The van der Waals surface area contributed by atoms with Gasteiger partial charge in [-0.15, -0.1) is 0 Å². The molecule has 0 heterocycles. The molecule has 0 N–H and O–H groups in total. The van der Waals surface area contributed by atoms with Gasteiger partial charge in [-0.1, -0.05) is 6.92 Å². The third-order valence-electron chi connectivity index (χ3n) is 0.289. The largest absolute Gasteiger partial charge is 1.00 e. The molecular weight excluding hydrogens is 92.0 g/mol. The Morgan fingerprint density at radius 3 is 2.00 bits per heavy atom. The van der Waals surface area contributed by atoms with Crippen molar-refractivity contribution in [1.82, 2.24) is 0 Å². The minimum absolute atomic E-state index is 0. The van der Waals surface area contributed by atoms with Crippen LogP contribution in [0.5, 0.6) is 0 Å². The fourth-order valence-electron chi connectivity index (χ4n) is 0. The Hall–Kier alpha value is 0.470. The van der Waals surface area contributed by atoms with Gasteiger partial charge in [0, 0.05) is 5.97 Å². The van der Waals surface area contributed by atoms with Crippen LogP contribution in [-0.4, -0.2) is 5.97 Å². The summed E-state index contributed by atoms with van der Waals surface area (Å²) in [6.07, 6.45) is 0.111. The van der Waals surface area contributed by atoms with Gasteiger partial charge in [0.1, 0.15) is 0 Å². The topological polar surface area (TPSA) is 40.1 Å². The molecule has 30 valence electrons. The molecule has 6 heavy (non-hydrogen) atoms. The summed E-state index contributed by atoms with van der Waals surface area (Å²) in [4.78, 5) is 9.26. The van der Waals surface area contributed by atoms with E-state index in [1.165, 1.54) is 6.92 Å². The molecule has 3 heteroatoms. The Morgan fingerprint density at radius 1 is 1.83 bits per heavy atom. The molecule has 0 aromatic heterocycles. The van der Waals surface area contributed by atoms with Crippen LogP contribution in [0, 0.1) is 0 Å². The zero-order valence-electron chi connectivity index (χ0n) is 4.02. The van der Waals surface area contributed by atoms with Crippen molar-refractivity contribution in [3.63, 3.8) is 0 Å². The molecule has 0 bridgehead atoms. The molecule has 0 rings (SSSR count). The number of hydrogen-bond donors (Lipinski definition) is 0. The first-order valence-corrected chi connectivity index (χ1v) is 1.47. The van der Waals surface area contributed by atoms with Crippen molar-refractivity contribution < 1.29 is 39.5 Å². The van der Waals surface area contributed by atoms with E-state index in [2.05, 4.69) is 0 Å². The van der Waals surface area contributed by atoms with Gasteiger partial charge < -0.3 is 9.90 Å². The molecule has 0 aliphatic carbocycles. The molecule has 0 spiro atoms. The number of carboxylic acid groups (broad SMARTS) is 1. The first kappa shape index (κ1) is 9.69. The van der Waals surface area contributed by atoms with E-state index >= 15 is 0 Å². The van der Waals surface area contributed by atoms with Crippen molar-refractivity contribution in [2.45, 2.75) is 13.3 Å². The fourth-order valence-corrected chi connectivity index (χ4v) is 0. The van der Waals surface area contributed by atoms with Gasteiger partial charge in [-0.2, -0.15) is 0 Å². The number of hydrogen-bond acceptors (Lipinski definition) is 2. The summed E-state index contributed by atoms with van der Waals surface area (Å²) in [6, 6.07) is 0. The van der Waals surface area contributed by atoms with Gasteiger partial charge in [0.15, 0.2) is 0 Å². The minimum Gasteiger partial charge on any atom is -0.550 e. The van der Waals surface area contributed by atoms with Gasteiger partial charge in [-0.3, -0.25) is 0 Å². The van der Waals surface area contributed by atoms with E-state index in [-0.39, 0.29) is 36.0 Å². The number of carbonyl (C=O) groups is 1. The van der Waals surface area contributed by atoms with Crippen molar-refractivity contribution in [2.24, 2.45) is 0 Å². The third kappa shape index (κ3) is 8.82. The Morgan fingerprint density at radius 2 is 2.00 bits per heavy atom. The maximum Gasteiger partial charge on any atom is 1.00 e. The van der Waals surface area contributed by atoms with Crippen molar-refractivity contribution in [1.29, 1.82) is 0 Å². The molecule has 0 fully saturated rings. The minimum atomic E-state index is -0.995. The Balaban J connectivity index is 0. The van der Waals surface area contributed by atoms with Crippen molar-refractivity contribution in [3.8, 4) is 0 Å². The zero-order valence-corrected chi connectivity index (χ0v) is 6.02. The van der Waals surface area contributed by atoms with Crippen LogP contribution in [0.1, 0.15) is 13.3 Å². The second-order valence-electron chi connectivity index (χ2n) is 0.726. The Kier molecular flexibility index (Phi) is 8.83. The van der Waals surface area contributed by atoms with E-state index in [0.717, 1.165) is 0 Å². The molecule has 0 amide bonds. The average Bonchev–Trinajstić information content (AvgIpc) is 1.38. The molecule has 0 saturated heterocycles. The average molecular weight is 97.1 g/mol. The van der Waals surface area contributed by atoms with Crippen molar-refractivity contribution in [2.75, 3.05) is 0 Å². The molecule has 2 nitrogen and oxygen atoms in total. The van der Waals surface area contributed by atoms with Gasteiger partial charge in [0.2, 0.25) is 0 Å². The van der Waals surface area contributed by atoms with Crippen LogP contribution >= 0.6 is 0 Å². The van der Waals surface area contributed by atoms with Crippen LogP contribution < -0.4 is 34.7 Å². The third-order valence-corrected chi connectivity index (χ3v) is 0.289. The summed E-state index contributed by atoms with van der Waals surface area (Å²) >= 11 is 0. The number of carboxylic acids is 1. The summed E-state index contributed by atoms with van der Waals surface area (Å²) in [6.45, 7) is 1.54. The zero-order chi connectivity index (χ0) is 4.28. The first-order valence-electron chi connectivity index (χ1n) is 1.47. The van der Waals surface area contributed by atoms with Crippen molar-refractivity contribution in [3.05, 3.63) is 0 Å². The quantitative estimate of drug-likeness (QED) is 0.248. The second-order valence-corrected chi connectivity index (χ2v) is 0.726. The van der Waals surface area contributed by atoms with Gasteiger partial charge in [-0.25, -0.2) is 0 Å². The predicted molar refractivity (Wildman–Crippen MR) is 15.3 cm³/mol. The molecule has 0 aliphatic heterocycles. The van der Waals surface area contributed by atoms with Gasteiger partial charge in [0.05, 0.1) is 0 Å². The molecule has 0 atom stereocenters. The second kappa shape index (κ2) is 5.47. The van der Waals surface area contributed by atoms with Crippen LogP contribution in [0.15, 0.2) is 0 Å². The van der Waals surface area contributed by atoms with Crippen LogP contribution in [0.2, 0.25) is 0 Å². The predicted octanol–water partition coefficient (Wildman–Crippen LogP) is -3.85. The summed E-state index contributed by atoms with van der Waals surface area (Å²) in [5, 5.41) is 9.26. The number of aliphatic carboxylic acids is 1. The van der Waals surface area contributed by atoms with Crippen LogP contribution in [-0.2, 0) is 4.79 Å². The van der Waals surface area contributed by atoms with Gasteiger partial charge in [-0.05, 0) is 6.42 Å². The summed E-state index contributed by atoms with van der Waals surface area (Å²) in [7, 11) is 0. The molecule has 0 unspecified atom stereocenters. The van der Waals surface area contributed by atoms with Crippen LogP contribution in [0.3, 0.4) is 0 Å². The standard InChI is InChI=1S/C3H6O2.Na/c1-2-3(4)5;/h2H2,1H3,(H,4,5);/q;+1/p-1/i3+1;. The monoisotopic (exact) mass is 97.0 g/mol. The van der Waals surface area contributed by atoms with E-state index in [0.29, 0.717) is 0 Å². The van der Waals surface area contributed by atoms with E-state index < -0.39 is 5.97 Å². The van der Waals surface area contributed by atoms with E-state index in [1.54, 1.807) is 0 Å². The SMILES string of the molecule is CC[13C](=O)[O-].[Na+]. The van der Waals surface area contributed by atoms with E-state index in [9.17, 15) is 9.90 Å². The van der Waals surface area contributed by atoms with E-state index in [1.807, 2.05) is 0 Å². The fraction of sp³-hybridized carbons (Fsp3) is 0.667. The Bertz CT molecular complexity index is 44.1. The first-order chi connectivity index (χ1) is 2.27. The molecule has 0 aromatic carbocycles. The van der Waals surface area contributed by atoms with Gasteiger partial charge in [0.25, 0.3) is 0 Å². The van der Waals surface area contributed by atoms with Crippen LogP contribution in [0.4, 0.5) is 0 Å². The molecular formula is C3H5NaO2. The summed E-state index contributed by atoms with van der Waals surface area (Å²) in [5.41, 5.74) is 0. The van der Waals surface area contributed by atoms with Gasteiger partial charge >= 0.3 is 29.6 Å². The number of rotatable bonds is 1. The molecule has 0 aromatic rings. The van der Waals surface area contributed by atoms with Crippen molar-refractivity contribution >= 4 is 5.97 Å². The molecule has 0 radical (unpaired) electrons. The Labute approximate surface area is 58.8 Å². The maximum atomic E-state index is 9.26.